The Labute approximate surface area is 168 Å². The van der Waals surface area contributed by atoms with Crippen molar-refractivity contribution in [3.05, 3.63) is 40.4 Å². The zero-order chi connectivity index (χ0) is 20.1. The highest BCUT2D eigenvalue weighted by atomic mass is 35.5. The Balaban J connectivity index is 1.72. The van der Waals surface area contributed by atoms with E-state index in [9.17, 15) is 15.1 Å². The molecule has 0 spiro atoms. The Morgan fingerprint density at radius 1 is 1.39 bits per heavy atom. The first-order valence-corrected chi connectivity index (χ1v) is 9.19. The van der Waals surface area contributed by atoms with Gasteiger partial charge in [-0.3, -0.25) is 0 Å². The molecule has 0 unspecified atom stereocenters. The second kappa shape index (κ2) is 9.06. The van der Waals surface area contributed by atoms with Crippen LogP contribution in [0.1, 0.15) is 37.3 Å². The lowest BCUT2D eigenvalue weighted by atomic mass is 9.80. The van der Waals surface area contributed by atoms with Crippen LogP contribution in [0.3, 0.4) is 0 Å². The number of nitriles is 1. The van der Waals surface area contributed by atoms with Gasteiger partial charge >= 0.3 is 7.12 Å². The maximum absolute atomic E-state index is 11.0. The zero-order valence-electron chi connectivity index (χ0n) is 15.3. The van der Waals surface area contributed by atoms with Crippen LogP contribution in [0.5, 0.6) is 17.5 Å². The van der Waals surface area contributed by atoms with Crippen LogP contribution in [0.25, 0.3) is 0 Å². The van der Waals surface area contributed by atoms with E-state index in [0.29, 0.717) is 37.1 Å². The summed E-state index contributed by atoms with van der Waals surface area (Å²) < 4.78 is 16.5. The number of fused-ring (bicyclic) bond motifs is 1. The topological polar surface area (TPSA) is 102 Å². The van der Waals surface area contributed by atoms with Gasteiger partial charge in [-0.25, -0.2) is 0 Å². The fraction of sp³-hybridized carbons (Fsp3) is 0.316. The number of hydrogen-bond acceptors (Lipinski definition) is 7. The number of ketones is 1. The SMILES string of the molecule is CC(=O)CCCCOc1nc(Oc2ccc3c(c2)COB3O)c(Cl)cc1C#N. The summed E-state index contributed by atoms with van der Waals surface area (Å²) in [5.74, 6) is 0.844. The number of carbonyl (C=O) groups excluding carboxylic acids is 1. The summed E-state index contributed by atoms with van der Waals surface area (Å²) in [7, 11) is -0.927. The van der Waals surface area contributed by atoms with Crippen LogP contribution in [-0.2, 0) is 16.1 Å². The van der Waals surface area contributed by atoms with E-state index in [-0.39, 0.29) is 34.7 Å². The minimum Gasteiger partial charge on any atom is -0.477 e. The van der Waals surface area contributed by atoms with Crippen LogP contribution < -0.4 is 14.9 Å². The smallest absolute Gasteiger partial charge is 0.477 e. The minimum atomic E-state index is -0.927. The van der Waals surface area contributed by atoms with E-state index < -0.39 is 7.12 Å². The van der Waals surface area contributed by atoms with Crippen LogP contribution >= 0.6 is 11.6 Å². The molecule has 9 heteroatoms. The summed E-state index contributed by atoms with van der Waals surface area (Å²) in [6, 6.07) is 8.57. The van der Waals surface area contributed by atoms with Gasteiger partial charge in [0.25, 0.3) is 0 Å². The predicted molar refractivity (Wildman–Crippen MR) is 103 cm³/mol. The molecule has 144 valence electrons. The Morgan fingerprint density at radius 2 is 2.21 bits per heavy atom. The van der Waals surface area contributed by atoms with Gasteiger partial charge in [0, 0.05) is 6.42 Å². The van der Waals surface area contributed by atoms with Gasteiger partial charge in [-0.1, -0.05) is 17.7 Å². The van der Waals surface area contributed by atoms with Crippen molar-refractivity contribution in [1.29, 1.82) is 5.26 Å². The first-order chi connectivity index (χ1) is 13.5. The largest absolute Gasteiger partial charge is 0.491 e. The monoisotopic (exact) mass is 400 g/mol. The summed E-state index contributed by atoms with van der Waals surface area (Å²) in [5, 5.41) is 19.1. The summed E-state index contributed by atoms with van der Waals surface area (Å²) in [5.41, 5.74) is 1.71. The maximum Gasteiger partial charge on any atom is 0.491 e. The van der Waals surface area contributed by atoms with Gasteiger partial charge in [0.05, 0.1) is 13.2 Å². The molecule has 2 heterocycles. The lowest BCUT2D eigenvalue weighted by molar-refractivity contribution is -0.117. The molecule has 0 atom stereocenters. The molecule has 1 aliphatic rings. The number of nitrogens with zero attached hydrogens (tertiary/aromatic N) is 2. The molecule has 28 heavy (non-hydrogen) atoms. The number of ether oxygens (including phenoxy) is 2. The zero-order valence-corrected chi connectivity index (χ0v) is 16.0. The quantitative estimate of drug-likeness (QED) is 0.537. The standard InChI is InChI=1S/C19H18BClN2O5/c1-12(24)4-2-3-7-26-18-13(10-22)9-17(21)19(23-18)28-15-5-6-16-14(8-15)11-27-20(16)25/h5-6,8-9,25H,2-4,7,11H2,1H3. The maximum atomic E-state index is 11.0. The second-order valence-corrected chi connectivity index (χ2v) is 6.78. The molecule has 0 amide bonds. The summed E-state index contributed by atoms with van der Waals surface area (Å²) in [4.78, 5) is 15.2. The van der Waals surface area contributed by atoms with E-state index in [1.54, 1.807) is 25.1 Å². The van der Waals surface area contributed by atoms with Crippen molar-refractivity contribution in [3.8, 4) is 23.6 Å². The van der Waals surface area contributed by atoms with Crippen molar-refractivity contribution in [2.24, 2.45) is 0 Å². The average Bonchev–Trinajstić information content (AvgIpc) is 3.03. The Morgan fingerprint density at radius 3 is 2.96 bits per heavy atom. The molecule has 2 aromatic rings. The Bertz CT molecular complexity index is 931. The molecule has 3 rings (SSSR count). The molecular formula is C19H18BClN2O5. The van der Waals surface area contributed by atoms with E-state index in [1.807, 2.05) is 6.07 Å². The molecule has 7 nitrogen and oxygen atoms in total. The number of benzene rings is 1. The Hall–Kier alpha value is -2.60. The number of Topliss-reactive ketones (excluding diaryl/α,β-unsaturated/α-hetero) is 1. The lowest BCUT2D eigenvalue weighted by Gasteiger charge is -2.12. The molecule has 0 radical (unpaired) electrons. The average molecular weight is 401 g/mol. The molecule has 0 fully saturated rings. The predicted octanol–water partition coefficient (Wildman–Crippen LogP) is 2.75. The van der Waals surface area contributed by atoms with Gasteiger partial charge in [0.1, 0.15) is 28.2 Å². The molecule has 1 aromatic heterocycles. The van der Waals surface area contributed by atoms with Crippen LogP contribution in [0.15, 0.2) is 24.3 Å². The number of hydrogen-bond donors (Lipinski definition) is 1. The Kier molecular flexibility index (Phi) is 6.52. The van der Waals surface area contributed by atoms with E-state index >= 15 is 0 Å². The normalized spacial score (nSPS) is 12.4. The third kappa shape index (κ3) is 4.81. The van der Waals surface area contributed by atoms with E-state index in [0.717, 1.165) is 5.56 Å². The molecule has 1 aliphatic heterocycles. The van der Waals surface area contributed by atoms with Gasteiger partial charge in [-0.2, -0.15) is 10.2 Å². The molecule has 0 saturated carbocycles. The van der Waals surface area contributed by atoms with Crippen LogP contribution in [0.4, 0.5) is 0 Å². The van der Waals surface area contributed by atoms with E-state index in [2.05, 4.69) is 4.98 Å². The molecule has 0 saturated heterocycles. The first-order valence-electron chi connectivity index (χ1n) is 8.81. The fourth-order valence-corrected chi connectivity index (χ4v) is 2.93. The molecule has 1 aromatic carbocycles. The van der Waals surface area contributed by atoms with Crippen molar-refractivity contribution >= 4 is 30.0 Å². The van der Waals surface area contributed by atoms with Crippen LogP contribution in [-0.4, -0.2) is 29.5 Å². The number of pyridine rings is 1. The number of carbonyl (C=O) groups is 1. The van der Waals surface area contributed by atoms with Gasteiger partial charge in [0.2, 0.25) is 11.8 Å². The van der Waals surface area contributed by atoms with Crippen molar-refractivity contribution in [3.63, 3.8) is 0 Å². The van der Waals surface area contributed by atoms with Gasteiger partial charge in [-0.15, -0.1) is 0 Å². The van der Waals surface area contributed by atoms with Crippen molar-refractivity contribution in [2.75, 3.05) is 6.61 Å². The van der Waals surface area contributed by atoms with E-state index in [1.165, 1.54) is 6.07 Å². The van der Waals surface area contributed by atoms with Gasteiger partial charge in [0.15, 0.2) is 0 Å². The number of halogens is 1. The van der Waals surface area contributed by atoms with Gasteiger partial charge < -0.3 is 23.9 Å². The highest BCUT2D eigenvalue weighted by Gasteiger charge is 2.27. The number of aromatic nitrogens is 1. The fourth-order valence-electron chi connectivity index (χ4n) is 2.74. The number of unbranched alkanes of at least 4 members (excludes halogenated alkanes) is 1. The lowest BCUT2D eigenvalue weighted by Crippen LogP contribution is -2.27. The third-order valence-electron chi connectivity index (χ3n) is 4.18. The highest BCUT2D eigenvalue weighted by Crippen LogP contribution is 2.32. The molecule has 0 bridgehead atoms. The summed E-state index contributed by atoms with van der Waals surface area (Å²) in [6.07, 6.45) is 1.86. The minimum absolute atomic E-state index is 0.110. The van der Waals surface area contributed by atoms with Crippen molar-refractivity contribution < 1.29 is 23.9 Å². The highest BCUT2D eigenvalue weighted by molar-refractivity contribution is 6.61. The number of rotatable bonds is 8. The summed E-state index contributed by atoms with van der Waals surface area (Å²) >= 11 is 6.19. The third-order valence-corrected chi connectivity index (χ3v) is 4.45. The molecule has 0 aliphatic carbocycles. The van der Waals surface area contributed by atoms with E-state index in [4.69, 9.17) is 25.7 Å². The molecule has 1 N–H and O–H groups in total. The van der Waals surface area contributed by atoms with Crippen molar-refractivity contribution in [2.45, 2.75) is 32.8 Å². The van der Waals surface area contributed by atoms with Crippen LogP contribution in [0.2, 0.25) is 5.02 Å². The summed E-state index contributed by atoms with van der Waals surface area (Å²) in [6.45, 7) is 2.16. The first kappa shape index (κ1) is 20.1. The van der Waals surface area contributed by atoms with Gasteiger partial charge in [-0.05, 0) is 49.0 Å². The van der Waals surface area contributed by atoms with Crippen LogP contribution in [0, 0.1) is 11.3 Å². The van der Waals surface area contributed by atoms with Crippen molar-refractivity contribution in [1.82, 2.24) is 4.98 Å². The molecular weight excluding hydrogens is 382 g/mol. The second-order valence-electron chi connectivity index (χ2n) is 6.37.